The lowest BCUT2D eigenvalue weighted by molar-refractivity contribution is -0.128. The number of benzene rings is 1. The Hall–Kier alpha value is -1.81. The molecule has 1 aromatic carbocycles. The molecule has 0 radical (unpaired) electrons. The molecule has 2 aromatic rings. The predicted octanol–water partition coefficient (Wildman–Crippen LogP) is 2.23. The van der Waals surface area contributed by atoms with Crippen LogP contribution in [0.3, 0.4) is 0 Å². The highest BCUT2D eigenvalue weighted by molar-refractivity contribution is 5.81. The van der Waals surface area contributed by atoms with Crippen LogP contribution in [0.2, 0.25) is 0 Å². The predicted molar refractivity (Wildman–Crippen MR) is 82.6 cm³/mol. The van der Waals surface area contributed by atoms with Crippen LogP contribution in [0.5, 0.6) is 0 Å². The van der Waals surface area contributed by atoms with E-state index in [1.807, 2.05) is 0 Å². The Bertz CT molecular complexity index is 586. The molecule has 0 saturated carbocycles. The molecule has 0 fully saturated rings. The third kappa shape index (κ3) is 3.39. The van der Waals surface area contributed by atoms with E-state index in [9.17, 15) is 4.79 Å². The molecule has 1 heterocycles. The molecule has 0 atom stereocenters. The number of aromatic nitrogens is 1. The first-order valence-electron chi connectivity index (χ1n) is 7.10. The minimum absolute atomic E-state index is 0.163. The van der Waals surface area contributed by atoms with Gasteiger partial charge in [-0.15, -0.1) is 0 Å². The van der Waals surface area contributed by atoms with Crippen molar-refractivity contribution >= 4 is 16.8 Å². The lowest BCUT2D eigenvalue weighted by Gasteiger charge is -2.11. The highest BCUT2D eigenvalue weighted by Gasteiger charge is 2.06. The summed E-state index contributed by atoms with van der Waals surface area (Å²) in [4.78, 5) is 13.3. The second kappa shape index (κ2) is 6.57. The smallest absolute Gasteiger partial charge is 0.223 e. The van der Waals surface area contributed by atoms with E-state index in [1.165, 1.54) is 16.5 Å². The van der Waals surface area contributed by atoms with E-state index in [4.69, 9.17) is 0 Å². The SMILES string of the molecule is CCNCc1ccc2c(ccn2CCC(=O)N(C)C)c1. The first-order valence-corrected chi connectivity index (χ1v) is 7.10. The number of aryl methyl sites for hydroxylation is 1. The van der Waals surface area contributed by atoms with Gasteiger partial charge in [0, 0.05) is 45.3 Å². The van der Waals surface area contributed by atoms with Crippen LogP contribution in [0.15, 0.2) is 30.5 Å². The van der Waals surface area contributed by atoms with Gasteiger partial charge in [0.15, 0.2) is 0 Å². The molecule has 20 heavy (non-hydrogen) atoms. The van der Waals surface area contributed by atoms with E-state index < -0.39 is 0 Å². The average molecular weight is 273 g/mol. The molecule has 1 amide bonds. The molecule has 0 bridgehead atoms. The zero-order valence-electron chi connectivity index (χ0n) is 12.5. The summed E-state index contributed by atoms with van der Waals surface area (Å²) in [6.45, 7) is 4.71. The van der Waals surface area contributed by atoms with Crippen molar-refractivity contribution < 1.29 is 4.79 Å². The second-order valence-electron chi connectivity index (χ2n) is 5.22. The second-order valence-corrected chi connectivity index (χ2v) is 5.22. The normalized spacial score (nSPS) is 10.9. The lowest BCUT2D eigenvalue weighted by atomic mass is 10.1. The summed E-state index contributed by atoms with van der Waals surface area (Å²) >= 11 is 0. The molecule has 0 spiro atoms. The first-order chi connectivity index (χ1) is 9.61. The summed E-state index contributed by atoms with van der Waals surface area (Å²) < 4.78 is 2.15. The van der Waals surface area contributed by atoms with Crippen molar-refractivity contribution in [2.24, 2.45) is 0 Å². The van der Waals surface area contributed by atoms with Crippen molar-refractivity contribution in [3.8, 4) is 0 Å². The van der Waals surface area contributed by atoms with Gasteiger partial charge in [-0.3, -0.25) is 4.79 Å². The van der Waals surface area contributed by atoms with E-state index in [0.29, 0.717) is 6.42 Å². The average Bonchev–Trinajstić information content (AvgIpc) is 2.84. The van der Waals surface area contributed by atoms with Crippen molar-refractivity contribution in [2.75, 3.05) is 20.6 Å². The molecule has 1 N–H and O–H groups in total. The van der Waals surface area contributed by atoms with E-state index in [0.717, 1.165) is 19.6 Å². The van der Waals surface area contributed by atoms with Crippen LogP contribution in [-0.2, 0) is 17.9 Å². The van der Waals surface area contributed by atoms with Gasteiger partial charge < -0.3 is 14.8 Å². The molecule has 0 aliphatic rings. The molecule has 2 rings (SSSR count). The van der Waals surface area contributed by atoms with Gasteiger partial charge in [0.05, 0.1) is 0 Å². The number of nitrogens with zero attached hydrogens (tertiary/aromatic N) is 2. The maximum absolute atomic E-state index is 11.7. The molecule has 0 aliphatic carbocycles. The number of hydrogen-bond acceptors (Lipinski definition) is 2. The van der Waals surface area contributed by atoms with E-state index in [1.54, 1.807) is 19.0 Å². The summed E-state index contributed by atoms with van der Waals surface area (Å²) in [6, 6.07) is 8.62. The summed E-state index contributed by atoms with van der Waals surface area (Å²) in [5.74, 6) is 0.163. The number of hydrogen-bond donors (Lipinski definition) is 1. The van der Waals surface area contributed by atoms with E-state index in [-0.39, 0.29) is 5.91 Å². The highest BCUT2D eigenvalue weighted by atomic mass is 16.2. The van der Waals surface area contributed by atoms with Gasteiger partial charge in [-0.2, -0.15) is 0 Å². The number of rotatable bonds is 6. The maximum Gasteiger partial charge on any atom is 0.223 e. The number of amides is 1. The molecular weight excluding hydrogens is 250 g/mol. The molecule has 0 aliphatic heterocycles. The largest absolute Gasteiger partial charge is 0.349 e. The topological polar surface area (TPSA) is 37.3 Å². The highest BCUT2D eigenvalue weighted by Crippen LogP contribution is 2.18. The van der Waals surface area contributed by atoms with Crippen LogP contribution in [0, 0.1) is 0 Å². The van der Waals surface area contributed by atoms with Gasteiger partial charge >= 0.3 is 0 Å². The minimum atomic E-state index is 0.163. The van der Waals surface area contributed by atoms with Crippen LogP contribution < -0.4 is 5.32 Å². The Morgan fingerprint density at radius 1 is 1.30 bits per heavy atom. The number of nitrogens with one attached hydrogen (secondary N) is 1. The zero-order valence-corrected chi connectivity index (χ0v) is 12.5. The van der Waals surface area contributed by atoms with Crippen LogP contribution in [0.1, 0.15) is 18.9 Å². The van der Waals surface area contributed by atoms with Crippen LogP contribution in [-0.4, -0.2) is 36.0 Å². The van der Waals surface area contributed by atoms with Crippen molar-refractivity contribution in [1.29, 1.82) is 0 Å². The summed E-state index contributed by atoms with van der Waals surface area (Å²) in [6.07, 6.45) is 2.60. The van der Waals surface area contributed by atoms with Crippen molar-refractivity contribution in [3.63, 3.8) is 0 Å². The summed E-state index contributed by atoms with van der Waals surface area (Å²) in [7, 11) is 3.59. The van der Waals surface area contributed by atoms with Gasteiger partial charge in [0.25, 0.3) is 0 Å². The number of fused-ring (bicyclic) bond motifs is 1. The zero-order chi connectivity index (χ0) is 14.5. The molecule has 0 unspecified atom stereocenters. The Morgan fingerprint density at radius 2 is 2.10 bits per heavy atom. The van der Waals surface area contributed by atoms with Gasteiger partial charge in [0.1, 0.15) is 0 Å². The van der Waals surface area contributed by atoms with Crippen molar-refractivity contribution in [3.05, 3.63) is 36.0 Å². The Labute approximate surface area is 120 Å². The van der Waals surface area contributed by atoms with Gasteiger partial charge in [-0.1, -0.05) is 13.0 Å². The first kappa shape index (κ1) is 14.6. The minimum Gasteiger partial charge on any atom is -0.349 e. The molecule has 0 saturated heterocycles. The maximum atomic E-state index is 11.7. The fourth-order valence-corrected chi connectivity index (χ4v) is 2.26. The van der Waals surface area contributed by atoms with Crippen LogP contribution in [0.25, 0.3) is 10.9 Å². The standard InChI is InChI=1S/C16H23N3O/c1-4-17-12-13-5-6-15-14(11-13)7-9-19(15)10-8-16(20)18(2)3/h5-7,9,11,17H,4,8,10,12H2,1-3H3. The number of carbonyl (C=O) groups excluding carboxylic acids is 1. The molecule has 4 heteroatoms. The van der Waals surface area contributed by atoms with Gasteiger partial charge in [-0.25, -0.2) is 0 Å². The molecular formula is C16H23N3O. The lowest BCUT2D eigenvalue weighted by Crippen LogP contribution is -2.22. The van der Waals surface area contributed by atoms with Crippen molar-refractivity contribution in [1.82, 2.24) is 14.8 Å². The van der Waals surface area contributed by atoms with Gasteiger partial charge in [-0.05, 0) is 35.7 Å². The van der Waals surface area contributed by atoms with Crippen LogP contribution in [0.4, 0.5) is 0 Å². The monoisotopic (exact) mass is 273 g/mol. The third-order valence-corrected chi connectivity index (χ3v) is 3.48. The van der Waals surface area contributed by atoms with Crippen LogP contribution >= 0.6 is 0 Å². The van der Waals surface area contributed by atoms with Crippen molar-refractivity contribution in [2.45, 2.75) is 26.4 Å². The number of carbonyl (C=O) groups is 1. The Balaban J connectivity index is 2.10. The Morgan fingerprint density at radius 3 is 2.80 bits per heavy atom. The summed E-state index contributed by atoms with van der Waals surface area (Å²) in [5, 5.41) is 4.57. The molecule has 1 aromatic heterocycles. The summed E-state index contributed by atoms with van der Waals surface area (Å²) in [5.41, 5.74) is 2.48. The Kier molecular flexibility index (Phi) is 4.79. The third-order valence-electron chi connectivity index (χ3n) is 3.48. The molecule has 4 nitrogen and oxygen atoms in total. The van der Waals surface area contributed by atoms with E-state index in [2.05, 4.69) is 47.3 Å². The fraction of sp³-hybridized carbons (Fsp3) is 0.438. The van der Waals surface area contributed by atoms with E-state index >= 15 is 0 Å². The molecule has 108 valence electrons. The van der Waals surface area contributed by atoms with Gasteiger partial charge in [0.2, 0.25) is 5.91 Å². The fourth-order valence-electron chi connectivity index (χ4n) is 2.26. The quantitative estimate of drug-likeness (QED) is 0.876.